The number of aryl methyl sites for hydroxylation is 1. The van der Waals surface area contributed by atoms with Gasteiger partial charge in [-0.1, -0.05) is 30.3 Å². The molecule has 0 aliphatic carbocycles. The fourth-order valence-electron chi connectivity index (χ4n) is 2.07. The molecule has 20 heavy (non-hydrogen) atoms. The highest BCUT2D eigenvalue weighted by Gasteiger charge is 2.19. The molecule has 2 aromatic carbocycles. The third-order valence-corrected chi connectivity index (χ3v) is 3.20. The second kappa shape index (κ2) is 6.30. The van der Waals surface area contributed by atoms with Crippen LogP contribution in [-0.2, 0) is 4.79 Å². The van der Waals surface area contributed by atoms with E-state index in [-0.39, 0.29) is 18.3 Å². The summed E-state index contributed by atoms with van der Waals surface area (Å²) >= 11 is 0. The number of carbonyl (C=O) groups is 1. The summed E-state index contributed by atoms with van der Waals surface area (Å²) in [6.07, 6.45) is 0. The molecule has 0 aliphatic heterocycles. The molecule has 4 heteroatoms. The van der Waals surface area contributed by atoms with Gasteiger partial charge in [-0.15, -0.1) is 0 Å². The van der Waals surface area contributed by atoms with Crippen molar-refractivity contribution in [2.75, 3.05) is 11.9 Å². The van der Waals surface area contributed by atoms with Crippen molar-refractivity contribution in [3.8, 4) is 0 Å². The minimum absolute atomic E-state index is 0.187. The SMILES string of the molecule is Cc1cc(F)ccc1NC(=O)C(CN)c1ccccc1. The van der Waals surface area contributed by atoms with Crippen LogP contribution in [0.1, 0.15) is 17.0 Å². The summed E-state index contributed by atoms with van der Waals surface area (Å²) in [5, 5.41) is 2.80. The molecule has 2 rings (SSSR count). The highest BCUT2D eigenvalue weighted by atomic mass is 19.1. The second-order valence-electron chi connectivity index (χ2n) is 4.65. The molecule has 3 N–H and O–H groups in total. The lowest BCUT2D eigenvalue weighted by atomic mass is 9.98. The van der Waals surface area contributed by atoms with Crippen LogP contribution in [0.5, 0.6) is 0 Å². The molecule has 0 heterocycles. The summed E-state index contributed by atoms with van der Waals surface area (Å²) in [6.45, 7) is 1.97. The average molecular weight is 272 g/mol. The number of benzene rings is 2. The van der Waals surface area contributed by atoms with Gasteiger partial charge in [-0.25, -0.2) is 4.39 Å². The van der Waals surface area contributed by atoms with Crippen molar-refractivity contribution >= 4 is 11.6 Å². The predicted octanol–water partition coefficient (Wildman–Crippen LogP) is 2.82. The number of nitrogens with two attached hydrogens (primary N) is 1. The average Bonchev–Trinajstić information content (AvgIpc) is 2.44. The zero-order chi connectivity index (χ0) is 14.5. The van der Waals surface area contributed by atoms with Crippen LogP contribution in [0.15, 0.2) is 48.5 Å². The van der Waals surface area contributed by atoms with Crippen LogP contribution in [0.2, 0.25) is 0 Å². The maximum Gasteiger partial charge on any atom is 0.233 e. The first kappa shape index (κ1) is 14.2. The van der Waals surface area contributed by atoms with Crippen LogP contribution in [0.4, 0.5) is 10.1 Å². The highest BCUT2D eigenvalue weighted by Crippen LogP contribution is 2.20. The first-order valence-corrected chi connectivity index (χ1v) is 6.44. The number of carbonyl (C=O) groups excluding carboxylic acids is 1. The summed E-state index contributed by atoms with van der Waals surface area (Å²) in [4.78, 5) is 12.3. The monoisotopic (exact) mass is 272 g/mol. The maximum atomic E-state index is 13.0. The molecule has 1 atom stereocenters. The lowest BCUT2D eigenvalue weighted by Crippen LogP contribution is -2.27. The van der Waals surface area contributed by atoms with Crippen molar-refractivity contribution in [2.24, 2.45) is 5.73 Å². The normalized spacial score (nSPS) is 11.9. The smallest absolute Gasteiger partial charge is 0.233 e. The van der Waals surface area contributed by atoms with Gasteiger partial charge in [0.15, 0.2) is 0 Å². The van der Waals surface area contributed by atoms with Gasteiger partial charge < -0.3 is 11.1 Å². The second-order valence-corrected chi connectivity index (χ2v) is 4.65. The van der Waals surface area contributed by atoms with E-state index in [0.29, 0.717) is 11.3 Å². The first-order valence-electron chi connectivity index (χ1n) is 6.44. The van der Waals surface area contributed by atoms with E-state index in [9.17, 15) is 9.18 Å². The molecule has 0 fully saturated rings. The topological polar surface area (TPSA) is 55.1 Å². The van der Waals surface area contributed by atoms with Gasteiger partial charge in [0.05, 0.1) is 5.92 Å². The third kappa shape index (κ3) is 3.22. The largest absolute Gasteiger partial charge is 0.329 e. The zero-order valence-electron chi connectivity index (χ0n) is 11.3. The van der Waals surface area contributed by atoms with Gasteiger partial charge in [0.25, 0.3) is 0 Å². The molecule has 0 aromatic heterocycles. The van der Waals surface area contributed by atoms with E-state index in [1.54, 1.807) is 13.0 Å². The molecule has 0 spiro atoms. The molecule has 0 saturated heterocycles. The Kier molecular flexibility index (Phi) is 4.48. The van der Waals surface area contributed by atoms with E-state index in [4.69, 9.17) is 5.73 Å². The van der Waals surface area contributed by atoms with E-state index in [1.165, 1.54) is 12.1 Å². The van der Waals surface area contributed by atoms with E-state index in [2.05, 4.69) is 5.32 Å². The van der Waals surface area contributed by atoms with Crippen LogP contribution in [0.3, 0.4) is 0 Å². The van der Waals surface area contributed by atoms with Gasteiger partial charge in [0.1, 0.15) is 5.82 Å². The lowest BCUT2D eigenvalue weighted by molar-refractivity contribution is -0.117. The molecule has 1 unspecified atom stereocenters. The maximum absolute atomic E-state index is 13.0. The molecule has 1 amide bonds. The molecule has 0 aliphatic rings. The van der Waals surface area contributed by atoms with E-state index < -0.39 is 5.92 Å². The summed E-state index contributed by atoms with van der Waals surface area (Å²) in [6, 6.07) is 13.6. The predicted molar refractivity (Wildman–Crippen MR) is 78.0 cm³/mol. The number of rotatable bonds is 4. The summed E-state index contributed by atoms with van der Waals surface area (Å²) in [5.41, 5.74) is 7.85. The molecule has 0 bridgehead atoms. The van der Waals surface area contributed by atoms with Gasteiger partial charge >= 0.3 is 0 Å². The summed E-state index contributed by atoms with van der Waals surface area (Å²) in [7, 11) is 0. The van der Waals surface area contributed by atoms with Crippen molar-refractivity contribution in [2.45, 2.75) is 12.8 Å². The molecule has 0 saturated carbocycles. The van der Waals surface area contributed by atoms with Crippen molar-refractivity contribution in [3.05, 3.63) is 65.5 Å². The Morgan fingerprint density at radius 2 is 1.95 bits per heavy atom. The summed E-state index contributed by atoms with van der Waals surface area (Å²) < 4.78 is 13.0. The number of halogens is 1. The third-order valence-electron chi connectivity index (χ3n) is 3.20. The number of hydrogen-bond donors (Lipinski definition) is 2. The summed E-state index contributed by atoms with van der Waals surface area (Å²) in [5.74, 6) is -0.923. The number of hydrogen-bond acceptors (Lipinski definition) is 2. The lowest BCUT2D eigenvalue weighted by Gasteiger charge is -2.16. The standard InChI is InChI=1S/C16H17FN2O/c1-11-9-13(17)7-8-15(11)19-16(20)14(10-18)12-5-3-2-4-6-12/h2-9,14H,10,18H2,1H3,(H,19,20). The molecule has 104 valence electrons. The Morgan fingerprint density at radius 1 is 1.25 bits per heavy atom. The van der Waals surface area contributed by atoms with E-state index >= 15 is 0 Å². The molecular formula is C16H17FN2O. The fourth-order valence-corrected chi connectivity index (χ4v) is 2.07. The van der Waals surface area contributed by atoms with Gasteiger partial charge in [-0.2, -0.15) is 0 Å². The Hall–Kier alpha value is -2.20. The first-order chi connectivity index (χ1) is 9.61. The Bertz CT molecular complexity index is 599. The molecule has 3 nitrogen and oxygen atoms in total. The Balaban J connectivity index is 2.18. The van der Waals surface area contributed by atoms with Crippen LogP contribution in [0, 0.1) is 12.7 Å². The quantitative estimate of drug-likeness (QED) is 0.899. The van der Waals surface area contributed by atoms with Gasteiger partial charge in [0.2, 0.25) is 5.91 Å². The van der Waals surface area contributed by atoms with Crippen molar-refractivity contribution < 1.29 is 9.18 Å². The van der Waals surface area contributed by atoms with Gasteiger partial charge in [-0.3, -0.25) is 4.79 Å². The van der Waals surface area contributed by atoms with Crippen LogP contribution < -0.4 is 11.1 Å². The van der Waals surface area contributed by atoms with Crippen molar-refractivity contribution in [3.63, 3.8) is 0 Å². The fraction of sp³-hybridized carbons (Fsp3) is 0.188. The number of anilines is 1. The van der Waals surface area contributed by atoms with E-state index in [1.807, 2.05) is 30.3 Å². The van der Waals surface area contributed by atoms with Gasteiger partial charge in [0, 0.05) is 12.2 Å². The highest BCUT2D eigenvalue weighted by molar-refractivity contribution is 5.96. The van der Waals surface area contributed by atoms with Crippen molar-refractivity contribution in [1.82, 2.24) is 0 Å². The van der Waals surface area contributed by atoms with Crippen LogP contribution in [0.25, 0.3) is 0 Å². The number of nitrogens with one attached hydrogen (secondary N) is 1. The van der Waals surface area contributed by atoms with Gasteiger partial charge in [-0.05, 0) is 36.2 Å². The molecule has 0 radical (unpaired) electrons. The zero-order valence-corrected chi connectivity index (χ0v) is 11.3. The van der Waals surface area contributed by atoms with Crippen LogP contribution >= 0.6 is 0 Å². The minimum Gasteiger partial charge on any atom is -0.329 e. The Morgan fingerprint density at radius 3 is 2.55 bits per heavy atom. The minimum atomic E-state index is -0.416. The van der Waals surface area contributed by atoms with Crippen molar-refractivity contribution in [1.29, 1.82) is 0 Å². The molecule has 2 aromatic rings. The number of amides is 1. The Labute approximate surface area is 117 Å². The van der Waals surface area contributed by atoms with E-state index in [0.717, 1.165) is 5.56 Å². The molecular weight excluding hydrogens is 255 g/mol. The van der Waals surface area contributed by atoms with Crippen LogP contribution in [-0.4, -0.2) is 12.5 Å².